The summed E-state index contributed by atoms with van der Waals surface area (Å²) in [5, 5.41) is 0. The molecule has 0 atom stereocenters. The van der Waals surface area contributed by atoms with Crippen LogP contribution in [0.15, 0.2) is 0 Å². The van der Waals surface area contributed by atoms with Gasteiger partial charge in [0.05, 0.1) is 0 Å². The highest BCUT2D eigenvalue weighted by Gasteiger charge is 2.16. The van der Waals surface area contributed by atoms with E-state index in [1.165, 1.54) is 0 Å². The fraction of sp³-hybridized carbons (Fsp3) is 0.750. The van der Waals surface area contributed by atoms with Gasteiger partial charge in [-0.05, 0) is 6.92 Å². The topological polar surface area (TPSA) is 23.6 Å². The highest BCUT2D eigenvalue weighted by Crippen LogP contribution is 2.00. The molecular weight excluding hydrogens is 140 g/mol. The van der Waals surface area contributed by atoms with E-state index in [0.29, 0.717) is 6.54 Å². The molecule has 1 aliphatic rings. The lowest BCUT2D eigenvalue weighted by atomic mass is 10.3. The van der Waals surface area contributed by atoms with Crippen molar-refractivity contribution < 1.29 is 4.79 Å². The van der Waals surface area contributed by atoms with Crippen molar-refractivity contribution in [1.82, 2.24) is 9.80 Å². The summed E-state index contributed by atoms with van der Waals surface area (Å²) in [5.74, 6) is 0.168. The molecule has 1 fully saturated rings. The molecule has 62 valence electrons. The lowest BCUT2D eigenvalue weighted by Crippen LogP contribution is -2.47. The number of hydrogen-bond donors (Lipinski definition) is 0. The zero-order valence-electron chi connectivity index (χ0n) is 6.92. The molecule has 1 saturated heterocycles. The van der Waals surface area contributed by atoms with E-state index in [9.17, 15) is 4.79 Å². The maximum absolute atomic E-state index is 10.9. The summed E-state index contributed by atoms with van der Waals surface area (Å²) in [6, 6.07) is 0. The number of amides is 1. The molecule has 0 unspecified atom stereocenters. The quantitative estimate of drug-likeness (QED) is 0.525. The number of hydrogen-bond acceptors (Lipinski definition) is 2. The molecule has 1 heterocycles. The van der Waals surface area contributed by atoms with E-state index >= 15 is 0 Å². The summed E-state index contributed by atoms with van der Waals surface area (Å²) in [6.45, 7) is 11.1. The predicted molar refractivity (Wildman–Crippen MR) is 43.0 cm³/mol. The fourth-order valence-corrected chi connectivity index (χ4v) is 1.25. The van der Waals surface area contributed by atoms with Crippen LogP contribution >= 0.6 is 0 Å². The fourth-order valence-electron chi connectivity index (χ4n) is 1.25. The molecule has 2 radical (unpaired) electrons. The van der Waals surface area contributed by atoms with E-state index in [1.807, 2.05) is 4.90 Å². The molecule has 0 aromatic heterocycles. The highest BCUT2D eigenvalue weighted by molar-refractivity contribution is 5.73. The van der Waals surface area contributed by atoms with E-state index in [4.69, 9.17) is 6.92 Å². The van der Waals surface area contributed by atoms with Crippen LogP contribution in [-0.4, -0.2) is 48.4 Å². The van der Waals surface area contributed by atoms with E-state index in [1.54, 1.807) is 6.92 Å². The van der Waals surface area contributed by atoms with Crippen LogP contribution < -0.4 is 0 Å². The average molecular weight is 154 g/mol. The number of piperazine rings is 1. The third kappa shape index (κ3) is 2.19. The van der Waals surface area contributed by atoms with Crippen LogP contribution in [0.2, 0.25) is 0 Å². The first-order valence-electron chi connectivity index (χ1n) is 3.92. The Balaban J connectivity index is 2.30. The number of carbonyl (C=O) groups is 1. The molecule has 1 rings (SSSR count). The molecule has 0 aliphatic carbocycles. The monoisotopic (exact) mass is 154 g/mol. The van der Waals surface area contributed by atoms with Gasteiger partial charge in [0.1, 0.15) is 0 Å². The van der Waals surface area contributed by atoms with E-state index in [2.05, 4.69) is 4.90 Å². The van der Waals surface area contributed by atoms with Crippen LogP contribution in [0.5, 0.6) is 0 Å². The Morgan fingerprint density at radius 2 is 1.91 bits per heavy atom. The van der Waals surface area contributed by atoms with Crippen molar-refractivity contribution in [2.75, 3.05) is 32.7 Å². The Kier molecular flexibility index (Phi) is 2.88. The second kappa shape index (κ2) is 3.72. The number of nitrogens with zero attached hydrogens (tertiary/aromatic N) is 2. The van der Waals surface area contributed by atoms with Crippen molar-refractivity contribution in [2.24, 2.45) is 0 Å². The summed E-state index contributed by atoms with van der Waals surface area (Å²) in [5.41, 5.74) is 0. The summed E-state index contributed by atoms with van der Waals surface area (Å²) in [4.78, 5) is 14.9. The lowest BCUT2D eigenvalue weighted by Gasteiger charge is -2.33. The van der Waals surface area contributed by atoms with E-state index in [0.717, 1.165) is 26.2 Å². The second-order valence-corrected chi connectivity index (χ2v) is 2.81. The zero-order valence-corrected chi connectivity index (χ0v) is 6.92. The molecule has 0 saturated carbocycles. The summed E-state index contributed by atoms with van der Waals surface area (Å²) in [7, 11) is 0. The van der Waals surface area contributed by atoms with Crippen molar-refractivity contribution in [2.45, 2.75) is 6.92 Å². The molecule has 3 nitrogen and oxygen atoms in total. The summed E-state index contributed by atoms with van der Waals surface area (Å²) >= 11 is 0. The first kappa shape index (κ1) is 8.53. The maximum atomic E-state index is 10.9. The van der Waals surface area contributed by atoms with Crippen LogP contribution in [0, 0.1) is 6.92 Å². The van der Waals surface area contributed by atoms with Gasteiger partial charge in [0.25, 0.3) is 0 Å². The van der Waals surface area contributed by atoms with Crippen LogP contribution in [0.1, 0.15) is 6.92 Å². The largest absolute Gasteiger partial charge is 0.340 e. The molecular formula is C8H14N2O. The molecule has 0 N–H and O–H groups in total. The van der Waals surface area contributed by atoms with E-state index in [-0.39, 0.29) is 5.91 Å². The third-order valence-electron chi connectivity index (χ3n) is 2.08. The average Bonchev–Trinajstić information content (AvgIpc) is 2.05. The Bertz CT molecular complexity index is 139. The smallest absolute Gasteiger partial charge is 0.219 e. The minimum Gasteiger partial charge on any atom is -0.340 e. The van der Waals surface area contributed by atoms with Gasteiger partial charge >= 0.3 is 0 Å². The van der Waals surface area contributed by atoms with Gasteiger partial charge in [-0.15, -0.1) is 0 Å². The van der Waals surface area contributed by atoms with Crippen molar-refractivity contribution in [3.8, 4) is 0 Å². The van der Waals surface area contributed by atoms with Gasteiger partial charge in [0.2, 0.25) is 5.91 Å². The van der Waals surface area contributed by atoms with Crippen LogP contribution in [0.3, 0.4) is 0 Å². The normalized spacial score (nSPS) is 20.4. The minimum atomic E-state index is 0.168. The molecule has 1 aliphatic heterocycles. The second-order valence-electron chi connectivity index (χ2n) is 2.81. The molecule has 0 aromatic carbocycles. The third-order valence-corrected chi connectivity index (χ3v) is 2.08. The van der Waals surface area contributed by atoms with Crippen molar-refractivity contribution >= 4 is 5.91 Å². The van der Waals surface area contributed by atoms with Gasteiger partial charge in [0.15, 0.2) is 0 Å². The van der Waals surface area contributed by atoms with Gasteiger partial charge in [-0.1, -0.05) is 0 Å². The molecule has 1 amide bonds. The Morgan fingerprint density at radius 1 is 1.36 bits per heavy atom. The minimum absolute atomic E-state index is 0.168. The summed E-state index contributed by atoms with van der Waals surface area (Å²) in [6.07, 6.45) is 0. The number of rotatable bonds is 1. The van der Waals surface area contributed by atoms with Crippen LogP contribution in [0.25, 0.3) is 0 Å². The Morgan fingerprint density at radius 3 is 2.27 bits per heavy atom. The standard InChI is InChI=1S/C8H14N2O/c1-3-9-4-6-10(7-5-9)8(2)11/h1H,3-7H2,2H3. The molecule has 11 heavy (non-hydrogen) atoms. The van der Waals surface area contributed by atoms with Crippen LogP contribution in [0.4, 0.5) is 0 Å². The Hall–Kier alpha value is -0.570. The molecule has 0 aromatic rings. The maximum Gasteiger partial charge on any atom is 0.219 e. The van der Waals surface area contributed by atoms with Gasteiger partial charge in [-0.25, -0.2) is 0 Å². The lowest BCUT2D eigenvalue weighted by molar-refractivity contribution is -0.130. The number of carbonyl (C=O) groups excluding carboxylic acids is 1. The highest BCUT2D eigenvalue weighted by atomic mass is 16.2. The van der Waals surface area contributed by atoms with Crippen molar-refractivity contribution in [1.29, 1.82) is 0 Å². The van der Waals surface area contributed by atoms with Crippen LogP contribution in [-0.2, 0) is 4.79 Å². The zero-order chi connectivity index (χ0) is 8.27. The first-order chi connectivity index (χ1) is 5.24. The van der Waals surface area contributed by atoms with Crippen molar-refractivity contribution in [3.05, 3.63) is 6.92 Å². The molecule has 0 bridgehead atoms. The Labute approximate surface area is 68.0 Å². The molecule has 3 heteroatoms. The van der Waals surface area contributed by atoms with Gasteiger partial charge in [-0.3, -0.25) is 9.69 Å². The van der Waals surface area contributed by atoms with Gasteiger partial charge in [0, 0.05) is 39.6 Å². The van der Waals surface area contributed by atoms with Gasteiger partial charge in [-0.2, -0.15) is 0 Å². The van der Waals surface area contributed by atoms with Crippen molar-refractivity contribution in [3.63, 3.8) is 0 Å². The van der Waals surface area contributed by atoms with Gasteiger partial charge < -0.3 is 4.90 Å². The predicted octanol–water partition coefficient (Wildman–Crippen LogP) is -0.138. The SMILES string of the molecule is [CH]CN1CCN(C(C)=O)CC1. The molecule has 0 spiro atoms. The summed E-state index contributed by atoms with van der Waals surface area (Å²) < 4.78 is 0. The van der Waals surface area contributed by atoms with E-state index < -0.39 is 0 Å². The first-order valence-corrected chi connectivity index (χ1v) is 3.92.